The smallest absolute Gasteiger partial charge is 0.320 e. The van der Waals surface area contributed by atoms with Crippen molar-refractivity contribution in [1.29, 1.82) is 0 Å². The van der Waals surface area contributed by atoms with E-state index >= 15 is 0 Å². The number of pyridine rings is 1. The number of urea groups is 1. The van der Waals surface area contributed by atoms with Gasteiger partial charge in [0.2, 0.25) is 5.91 Å². The second-order valence-electron chi connectivity index (χ2n) is 5.70. The molecule has 1 saturated heterocycles. The van der Waals surface area contributed by atoms with E-state index < -0.39 is 6.03 Å². The summed E-state index contributed by atoms with van der Waals surface area (Å²) in [6.07, 6.45) is 1.81. The molecule has 1 unspecified atom stereocenters. The Morgan fingerprint density at radius 1 is 1.29 bits per heavy atom. The summed E-state index contributed by atoms with van der Waals surface area (Å²) in [6, 6.07) is 8.57. The number of hydrogen-bond donors (Lipinski definition) is 2. The molecule has 7 heteroatoms. The number of amides is 3. The average Bonchev–Trinajstić information content (AvgIpc) is 2.88. The number of anilines is 2. The van der Waals surface area contributed by atoms with Crippen molar-refractivity contribution in [3.63, 3.8) is 0 Å². The van der Waals surface area contributed by atoms with Crippen LogP contribution in [0.3, 0.4) is 0 Å². The number of carbonyl (C=O) groups is 2. The molecule has 6 nitrogen and oxygen atoms in total. The van der Waals surface area contributed by atoms with Crippen LogP contribution in [0.4, 0.5) is 20.7 Å². The van der Waals surface area contributed by atoms with Gasteiger partial charge in [0.1, 0.15) is 11.6 Å². The lowest BCUT2D eigenvalue weighted by Gasteiger charge is -2.17. The molecule has 1 atom stereocenters. The molecule has 0 aliphatic carbocycles. The number of halogens is 1. The standard InChI is InChI=1S/C17H17FN4O2/c1-11-6-7-19-15(8-11)21-17(24)20-13-9-16(23)22(10-13)14-4-2-12(18)3-5-14/h2-8,13H,9-10H2,1H3,(H2,19,20,21,24). The Kier molecular flexibility index (Phi) is 4.41. The van der Waals surface area contributed by atoms with Gasteiger partial charge in [-0.25, -0.2) is 14.2 Å². The van der Waals surface area contributed by atoms with Gasteiger partial charge in [-0.05, 0) is 48.9 Å². The zero-order valence-electron chi connectivity index (χ0n) is 13.1. The summed E-state index contributed by atoms with van der Waals surface area (Å²) in [5.41, 5.74) is 1.60. The van der Waals surface area contributed by atoms with Crippen molar-refractivity contribution in [2.75, 3.05) is 16.8 Å². The molecule has 124 valence electrons. The Morgan fingerprint density at radius 3 is 2.75 bits per heavy atom. The van der Waals surface area contributed by atoms with E-state index in [-0.39, 0.29) is 24.2 Å². The van der Waals surface area contributed by atoms with E-state index in [0.29, 0.717) is 18.1 Å². The molecule has 24 heavy (non-hydrogen) atoms. The molecule has 0 bridgehead atoms. The molecule has 3 amide bonds. The van der Waals surface area contributed by atoms with Crippen LogP contribution in [0, 0.1) is 12.7 Å². The summed E-state index contributed by atoms with van der Waals surface area (Å²) < 4.78 is 13.0. The molecule has 2 aromatic rings. The van der Waals surface area contributed by atoms with Crippen LogP contribution in [-0.4, -0.2) is 29.5 Å². The first-order chi connectivity index (χ1) is 11.5. The summed E-state index contributed by atoms with van der Waals surface area (Å²) in [4.78, 5) is 29.7. The number of aromatic nitrogens is 1. The molecule has 0 radical (unpaired) electrons. The van der Waals surface area contributed by atoms with Gasteiger partial charge < -0.3 is 10.2 Å². The molecule has 0 spiro atoms. The fraction of sp³-hybridized carbons (Fsp3) is 0.235. The minimum atomic E-state index is -0.410. The summed E-state index contributed by atoms with van der Waals surface area (Å²) in [5.74, 6) is -0.0158. The second-order valence-corrected chi connectivity index (χ2v) is 5.70. The van der Waals surface area contributed by atoms with Crippen LogP contribution >= 0.6 is 0 Å². The third kappa shape index (κ3) is 3.68. The molecule has 2 N–H and O–H groups in total. The summed E-state index contributed by atoms with van der Waals surface area (Å²) in [6.45, 7) is 2.25. The van der Waals surface area contributed by atoms with Gasteiger partial charge in [0.25, 0.3) is 0 Å². The SMILES string of the molecule is Cc1ccnc(NC(=O)NC2CC(=O)N(c3ccc(F)cc3)C2)c1. The van der Waals surface area contributed by atoms with Gasteiger partial charge in [-0.2, -0.15) is 0 Å². The van der Waals surface area contributed by atoms with Crippen molar-refractivity contribution in [3.8, 4) is 0 Å². The van der Waals surface area contributed by atoms with Crippen LogP contribution in [0.25, 0.3) is 0 Å². The quantitative estimate of drug-likeness (QED) is 0.909. The van der Waals surface area contributed by atoms with Gasteiger partial charge >= 0.3 is 6.03 Å². The average molecular weight is 328 g/mol. The van der Waals surface area contributed by atoms with Crippen LogP contribution in [0.1, 0.15) is 12.0 Å². The van der Waals surface area contributed by atoms with Crippen LogP contribution in [-0.2, 0) is 4.79 Å². The number of benzene rings is 1. The summed E-state index contributed by atoms with van der Waals surface area (Å²) in [7, 11) is 0. The highest BCUT2D eigenvalue weighted by atomic mass is 19.1. The van der Waals surface area contributed by atoms with Crippen LogP contribution in [0.15, 0.2) is 42.6 Å². The van der Waals surface area contributed by atoms with E-state index in [1.165, 1.54) is 17.0 Å². The lowest BCUT2D eigenvalue weighted by atomic mass is 10.2. The molecular weight excluding hydrogens is 311 g/mol. The Hall–Kier alpha value is -2.96. The van der Waals surface area contributed by atoms with Gasteiger partial charge in [0, 0.05) is 24.8 Å². The lowest BCUT2D eigenvalue weighted by molar-refractivity contribution is -0.117. The number of hydrogen-bond acceptors (Lipinski definition) is 3. The molecule has 2 heterocycles. The van der Waals surface area contributed by atoms with Crippen molar-refractivity contribution in [1.82, 2.24) is 10.3 Å². The van der Waals surface area contributed by atoms with E-state index in [1.54, 1.807) is 24.4 Å². The molecule has 3 rings (SSSR count). The molecule has 1 aromatic carbocycles. The number of nitrogens with zero attached hydrogens (tertiary/aromatic N) is 2. The first-order valence-corrected chi connectivity index (χ1v) is 7.57. The minimum absolute atomic E-state index is 0.111. The third-order valence-electron chi connectivity index (χ3n) is 3.76. The summed E-state index contributed by atoms with van der Waals surface area (Å²) in [5, 5.41) is 5.41. The van der Waals surface area contributed by atoms with E-state index in [2.05, 4.69) is 15.6 Å². The van der Waals surface area contributed by atoms with Gasteiger partial charge in [-0.3, -0.25) is 10.1 Å². The van der Waals surface area contributed by atoms with Gasteiger partial charge in [0.15, 0.2) is 0 Å². The molecule has 1 aliphatic rings. The van der Waals surface area contributed by atoms with E-state index in [9.17, 15) is 14.0 Å². The predicted octanol–water partition coefficient (Wildman–Crippen LogP) is 2.46. The fourth-order valence-electron chi connectivity index (χ4n) is 2.62. The van der Waals surface area contributed by atoms with E-state index in [4.69, 9.17) is 0 Å². The number of nitrogens with one attached hydrogen (secondary N) is 2. The Bertz CT molecular complexity index is 763. The number of rotatable bonds is 3. The molecule has 1 aromatic heterocycles. The van der Waals surface area contributed by atoms with Crippen molar-refractivity contribution in [2.45, 2.75) is 19.4 Å². The number of aryl methyl sites for hydroxylation is 1. The number of carbonyl (C=O) groups excluding carboxylic acids is 2. The monoisotopic (exact) mass is 328 g/mol. The Labute approximate surface area is 138 Å². The zero-order chi connectivity index (χ0) is 17.1. The largest absolute Gasteiger partial charge is 0.333 e. The van der Waals surface area contributed by atoms with Gasteiger partial charge in [-0.1, -0.05) is 0 Å². The highest BCUT2D eigenvalue weighted by molar-refractivity contribution is 5.97. The molecule has 0 saturated carbocycles. The Balaban J connectivity index is 1.59. The molecule has 1 aliphatic heterocycles. The van der Waals surface area contributed by atoms with Gasteiger partial charge in [-0.15, -0.1) is 0 Å². The normalized spacial score (nSPS) is 17.0. The van der Waals surface area contributed by atoms with Crippen LogP contribution < -0.4 is 15.5 Å². The lowest BCUT2D eigenvalue weighted by Crippen LogP contribution is -2.39. The first-order valence-electron chi connectivity index (χ1n) is 7.57. The second kappa shape index (κ2) is 6.66. The van der Waals surface area contributed by atoms with Gasteiger partial charge in [0.05, 0.1) is 6.04 Å². The maximum absolute atomic E-state index is 13.0. The maximum atomic E-state index is 13.0. The predicted molar refractivity (Wildman–Crippen MR) is 88.3 cm³/mol. The topological polar surface area (TPSA) is 74.3 Å². The first kappa shape index (κ1) is 15.9. The third-order valence-corrected chi connectivity index (χ3v) is 3.76. The van der Waals surface area contributed by atoms with Crippen LogP contribution in [0.2, 0.25) is 0 Å². The summed E-state index contributed by atoms with van der Waals surface area (Å²) >= 11 is 0. The van der Waals surface area contributed by atoms with E-state index in [1.807, 2.05) is 13.0 Å². The fourth-order valence-corrected chi connectivity index (χ4v) is 2.62. The van der Waals surface area contributed by atoms with Crippen LogP contribution in [0.5, 0.6) is 0 Å². The van der Waals surface area contributed by atoms with Crippen molar-refractivity contribution in [3.05, 3.63) is 54.0 Å². The Morgan fingerprint density at radius 2 is 2.04 bits per heavy atom. The van der Waals surface area contributed by atoms with Crippen molar-refractivity contribution >= 4 is 23.4 Å². The van der Waals surface area contributed by atoms with Crippen molar-refractivity contribution < 1.29 is 14.0 Å². The highest BCUT2D eigenvalue weighted by Gasteiger charge is 2.31. The maximum Gasteiger partial charge on any atom is 0.320 e. The van der Waals surface area contributed by atoms with E-state index in [0.717, 1.165) is 5.56 Å². The molecule has 1 fully saturated rings. The minimum Gasteiger partial charge on any atom is -0.333 e. The highest BCUT2D eigenvalue weighted by Crippen LogP contribution is 2.21. The van der Waals surface area contributed by atoms with Crippen molar-refractivity contribution in [2.24, 2.45) is 0 Å². The molecular formula is C17H17FN4O2. The zero-order valence-corrected chi connectivity index (χ0v) is 13.1.